The molecule has 6 heteroatoms. The minimum Gasteiger partial charge on any atom is -0.493 e. The van der Waals surface area contributed by atoms with Gasteiger partial charge in [0.15, 0.2) is 5.75 Å². The predicted octanol–water partition coefficient (Wildman–Crippen LogP) is 3.31. The summed E-state index contributed by atoms with van der Waals surface area (Å²) >= 11 is 5.76. The predicted molar refractivity (Wildman–Crippen MR) is 76.6 cm³/mol. The van der Waals surface area contributed by atoms with Crippen molar-refractivity contribution in [1.82, 2.24) is 9.78 Å². The van der Waals surface area contributed by atoms with Crippen LogP contribution in [0.15, 0.2) is 24.4 Å². The summed E-state index contributed by atoms with van der Waals surface area (Å²) in [5, 5.41) is 4.58. The molecule has 20 heavy (non-hydrogen) atoms. The Morgan fingerprint density at radius 1 is 1.40 bits per heavy atom. The summed E-state index contributed by atoms with van der Waals surface area (Å²) in [6, 6.07) is 3.86. The Labute approximate surface area is 122 Å². The fourth-order valence-electron chi connectivity index (χ4n) is 2.12. The van der Waals surface area contributed by atoms with Gasteiger partial charge in [-0.05, 0) is 26.0 Å². The maximum Gasteiger partial charge on any atom is 0.161 e. The molecule has 1 unspecified atom stereocenters. The summed E-state index contributed by atoms with van der Waals surface area (Å²) in [7, 11) is 1.54. The molecule has 108 valence electrons. The molecular weight excluding hydrogens is 281 g/mol. The van der Waals surface area contributed by atoms with Crippen LogP contribution < -0.4 is 10.5 Å². The van der Waals surface area contributed by atoms with Gasteiger partial charge in [-0.2, -0.15) is 5.10 Å². The number of nitrogens with zero attached hydrogens (tertiary/aromatic N) is 2. The highest BCUT2D eigenvalue weighted by atomic mass is 35.5. The molecule has 0 amide bonds. The average Bonchev–Trinajstić information content (AvgIpc) is 2.81. The van der Waals surface area contributed by atoms with Crippen molar-refractivity contribution >= 4 is 11.6 Å². The van der Waals surface area contributed by atoms with E-state index in [9.17, 15) is 4.39 Å². The van der Waals surface area contributed by atoms with Gasteiger partial charge in [0, 0.05) is 16.6 Å². The van der Waals surface area contributed by atoms with Crippen LogP contribution in [0.25, 0.3) is 0 Å². The molecule has 2 aromatic rings. The van der Waals surface area contributed by atoms with E-state index in [1.54, 1.807) is 23.0 Å². The zero-order valence-corrected chi connectivity index (χ0v) is 12.4. The quantitative estimate of drug-likeness (QED) is 0.942. The van der Waals surface area contributed by atoms with E-state index >= 15 is 0 Å². The SMILES string of the molecule is COc1cnn(C(C)C)c1C(N)c1ccc(Cl)cc1F. The summed E-state index contributed by atoms with van der Waals surface area (Å²) < 4.78 is 21.0. The molecule has 2 N–H and O–H groups in total. The topological polar surface area (TPSA) is 53.1 Å². The largest absolute Gasteiger partial charge is 0.493 e. The van der Waals surface area contributed by atoms with Crippen LogP contribution in [-0.4, -0.2) is 16.9 Å². The molecule has 0 fully saturated rings. The first-order chi connectivity index (χ1) is 9.45. The van der Waals surface area contributed by atoms with E-state index in [2.05, 4.69) is 5.10 Å². The lowest BCUT2D eigenvalue weighted by Gasteiger charge is -2.19. The van der Waals surface area contributed by atoms with Gasteiger partial charge >= 0.3 is 0 Å². The molecule has 0 saturated carbocycles. The molecule has 0 aliphatic heterocycles. The number of benzene rings is 1. The second kappa shape index (κ2) is 5.81. The van der Waals surface area contributed by atoms with Crippen molar-refractivity contribution in [2.45, 2.75) is 25.9 Å². The van der Waals surface area contributed by atoms with Crippen LogP contribution >= 0.6 is 11.6 Å². The van der Waals surface area contributed by atoms with Gasteiger partial charge in [0.25, 0.3) is 0 Å². The van der Waals surface area contributed by atoms with Gasteiger partial charge in [-0.3, -0.25) is 4.68 Å². The van der Waals surface area contributed by atoms with Gasteiger partial charge in [-0.25, -0.2) is 4.39 Å². The first-order valence-corrected chi connectivity index (χ1v) is 6.65. The van der Waals surface area contributed by atoms with Crippen molar-refractivity contribution in [2.24, 2.45) is 5.73 Å². The number of methoxy groups -OCH3 is 1. The third kappa shape index (κ3) is 2.64. The third-order valence-electron chi connectivity index (χ3n) is 3.10. The van der Waals surface area contributed by atoms with Crippen molar-refractivity contribution in [3.8, 4) is 5.75 Å². The number of nitrogens with two attached hydrogens (primary N) is 1. The van der Waals surface area contributed by atoms with Crippen LogP contribution in [0.5, 0.6) is 5.75 Å². The third-order valence-corrected chi connectivity index (χ3v) is 3.33. The lowest BCUT2D eigenvalue weighted by molar-refractivity contribution is 0.400. The lowest BCUT2D eigenvalue weighted by atomic mass is 10.0. The maximum atomic E-state index is 14.0. The molecule has 0 spiro atoms. The van der Waals surface area contributed by atoms with Gasteiger partial charge in [0.1, 0.15) is 11.5 Å². The van der Waals surface area contributed by atoms with Crippen LogP contribution in [0.4, 0.5) is 4.39 Å². The van der Waals surface area contributed by atoms with Gasteiger partial charge in [0.2, 0.25) is 0 Å². The fourth-order valence-corrected chi connectivity index (χ4v) is 2.28. The Hall–Kier alpha value is -1.59. The Morgan fingerprint density at radius 2 is 2.10 bits per heavy atom. The highest BCUT2D eigenvalue weighted by Crippen LogP contribution is 2.32. The van der Waals surface area contributed by atoms with Gasteiger partial charge in [-0.1, -0.05) is 17.7 Å². The molecular formula is C14H17ClFN3O. The van der Waals surface area contributed by atoms with Crippen molar-refractivity contribution in [2.75, 3.05) is 7.11 Å². The maximum absolute atomic E-state index is 14.0. The first kappa shape index (κ1) is 14.8. The van der Waals surface area contributed by atoms with E-state index in [4.69, 9.17) is 22.1 Å². The van der Waals surface area contributed by atoms with E-state index < -0.39 is 11.9 Å². The summed E-state index contributed by atoms with van der Waals surface area (Å²) in [6.45, 7) is 3.95. The molecule has 0 bridgehead atoms. The number of halogens is 2. The molecule has 1 aromatic carbocycles. The molecule has 0 aliphatic rings. The number of aromatic nitrogens is 2. The van der Waals surface area contributed by atoms with E-state index in [-0.39, 0.29) is 6.04 Å². The van der Waals surface area contributed by atoms with Crippen LogP contribution in [0.2, 0.25) is 5.02 Å². The van der Waals surface area contributed by atoms with Crippen LogP contribution in [-0.2, 0) is 0 Å². The normalized spacial score (nSPS) is 12.8. The molecule has 1 aromatic heterocycles. The average molecular weight is 298 g/mol. The van der Waals surface area contributed by atoms with E-state index in [0.29, 0.717) is 22.0 Å². The second-order valence-electron chi connectivity index (χ2n) is 4.78. The molecule has 1 atom stereocenters. The van der Waals surface area contributed by atoms with E-state index in [1.807, 2.05) is 13.8 Å². The van der Waals surface area contributed by atoms with E-state index in [1.165, 1.54) is 13.2 Å². The standard InChI is InChI=1S/C14H17ClFN3O/c1-8(2)19-14(12(20-3)7-18-19)13(17)10-5-4-9(15)6-11(10)16/h4-8,13H,17H2,1-3H3. The number of ether oxygens (including phenoxy) is 1. The monoisotopic (exact) mass is 297 g/mol. The van der Waals surface area contributed by atoms with Gasteiger partial charge < -0.3 is 10.5 Å². The van der Waals surface area contributed by atoms with Crippen LogP contribution in [0.1, 0.15) is 37.2 Å². The Morgan fingerprint density at radius 3 is 2.65 bits per heavy atom. The number of hydrogen-bond donors (Lipinski definition) is 1. The molecule has 4 nitrogen and oxygen atoms in total. The van der Waals surface area contributed by atoms with Gasteiger partial charge in [0.05, 0.1) is 19.3 Å². The molecule has 0 saturated heterocycles. The van der Waals surface area contributed by atoms with Crippen molar-refractivity contribution in [3.05, 3.63) is 46.5 Å². The zero-order valence-electron chi connectivity index (χ0n) is 11.6. The Balaban J connectivity index is 2.52. The highest BCUT2D eigenvalue weighted by molar-refractivity contribution is 6.30. The molecule has 1 heterocycles. The molecule has 0 aliphatic carbocycles. The fraction of sp³-hybridized carbons (Fsp3) is 0.357. The Kier molecular flexibility index (Phi) is 4.30. The second-order valence-corrected chi connectivity index (χ2v) is 5.22. The first-order valence-electron chi connectivity index (χ1n) is 6.27. The zero-order chi connectivity index (χ0) is 14.9. The number of hydrogen-bond acceptors (Lipinski definition) is 3. The van der Waals surface area contributed by atoms with E-state index in [0.717, 1.165) is 0 Å². The summed E-state index contributed by atoms with van der Waals surface area (Å²) in [5.41, 5.74) is 7.20. The minimum atomic E-state index is -0.674. The van der Waals surface area contributed by atoms with Crippen LogP contribution in [0.3, 0.4) is 0 Å². The number of rotatable bonds is 4. The summed E-state index contributed by atoms with van der Waals surface area (Å²) in [5.74, 6) is 0.101. The molecule has 2 rings (SSSR count). The Bertz CT molecular complexity index is 612. The molecule has 0 radical (unpaired) electrons. The smallest absolute Gasteiger partial charge is 0.161 e. The summed E-state index contributed by atoms with van der Waals surface area (Å²) in [6.07, 6.45) is 1.59. The minimum absolute atomic E-state index is 0.0929. The van der Waals surface area contributed by atoms with Gasteiger partial charge in [-0.15, -0.1) is 0 Å². The van der Waals surface area contributed by atoms with Crippen molar-refractivity contribution < 1.29 is 9.13 Å². The lowest BCUT2D eigenvalue weighted by Crippen LogP contribution is -2.20. The van der Waals surface area contributed by atoms with Crippen LogP contribution in [0, 0.1) is 5.82 Å². The summed E-state index contributed by atoms with van der Waals surface area (Å²) in [4.78, 5) is 0. The van der Waals surface area contributed by atoms with Crippen molar-refractivity contribution in [3.63, 3.8) is 0 Å². The highest BCUT2D eigenvalue weighted by Gasteiger charge is 2.24. The van der Waals surface area contributed by atoms with Crippen molar-refractivity contribution in [1.29, 1.82) is 0 Å².